The lowest BCUT2D eigenvalue weighted by Crippen LogP contribution is -2.49. The van der Waals surface area contributed by atoms with Crippen molar-refractivity contribution >= 4 is 27.3 Å². The smallest absolute Gasteiger partial charge is 0.271 e. The lowest BCUT2D eigenvalue weighted by molar-refractivity contribution is -0.384. The van der Waals surface area contributed by atoms with Crippen molar-refractivity contribution in [3.05, 3.63) is 64.2 Å². The van der Waals surface area contributed by atoms with Crippen molar-refractivity contribution in [3.63, 3.8) is 0 Å². The molecule has 0 aromatic heterocycles. The van der Waals surface area contributed by atoms with Gasteiger partial charge in [0.15, 0.2) is 0 Å². The number of nitrogens with one attached hydrogen (secondary N) is 1. The minimum Gasteiger partial charge on any atom is -0.494 e. The summed E-state index contributed by atoms with van der Waals surface area (Å²) in [6, 6.07) is 11.4. The molecule has 0 aliphatic rings. The summed E-state index contributed by atoms with van der Waals surface area (Å²) in [7, 11) is -3.88. The van der Waals surface area contributed by atoms with Crippen molar-refractivity contribution in [2.24, 2.45) is 0 Å². The maximum atomic E-state index is 12.9. The number of hydrogen-bond acceptors (Lipinski definition) is 6. The molecule has 0 bridgehead atoms. The molecule has 2 aromatic carbocycles. The summed E-state index contributed by atoms with van der Waals surface area (Å²) in [4.78, 5) is 23.3. The van der Waals surface area contributed by atoms with Crippen LogP contribution in [-0.4, -0.2) is 38.2 Å². The van der Waals surface area contributed by atoms with E-state index in [1.54, 1.807) is 25.1 Å². The van der Waals surface area contributed by atoms with E-state index in [1.807, 2.05) is 13.0 Å². The molecule has 9 nitrogen and oxygen atoms in total. The Hall–Kier alpha value is -3.14. The van der Waals surface area contributed by atoms with Gasteiger partial charge in [0.25, 0.3) is 5.69 Å². The van der Waals surface area contributed by atoms with Crippen molar-refractivity contribution < 1.29 is 22.9 Å². The lowest BCUT2D eigenvalue weighted by Gasteiger charge is -2.30. The Kier molecular flexibility index (Phi) is 7.76. The van der Waals surface area contributed by atoms with Gasteiger partial charge >= 0.3 is 0 Å². The van der Waals surface area contributed by atoms with Crippen LogP contribution in [0.15, 0.2) is 48.5 Å². The van der Waals surface area contributed by atoms with Gasteiger partial charge in [-0.05, 0) is 37.1 Å². The number of sulfonamides is 1. The number of anilines is 1. The van der Waals surface area contributed by atoms with E-state index in [0.29, 0.717) is 12.4 Å². The summed E-state index contributed by atoms with van der Waals surface area (Å²) >= 11 is 0. The van der Waals surface area contributed by atoms with Crippen LogP contribution in [0.5, 0.6) is 5.75 Å². The van der Waals surface area contributed by atoms with Gasteiger partial charge in [-0.2, -0.15) is 0 Å². The molecule has 2 aromatic rings. The normalized spacial score (nSPS) is 12.1. The van der Waals surface area contributed by atoms with Crippen LogP contribution >= 0.6 is 0 Å². The number of nitrogens with zero attached hydrogens (tertiary/aromatic N) is 2. The minimum atomic E-state index is -3.88. The average molecular weight is 436 g/mol. The molecule has 0 saturated heterocycles. The summed E-state index contributed by atoms with van der Waals surface area (Å²) in [6.45, 7) is 4.24. The molecule has 1 N–H and O–H groups in total. The third-order valence-electron chi connectivity index (χ3n) is 4.30. The molecule has 0 heterocycles. The predicted octanol–water partition coefficient (Wildman–Crippen LogP) is 2.85. The summed E-state index contributed by atoms with van der Waals surface area (Å²) in [5, 5.41) is 13.8. The number of nitro benzene ring substituents is 1. The topological polar surface area (TPSA) is 119 Å². The maximum absolute atomic E-state index is 12.9. The summed E-state index contributed by atoms with van der Waals surface area (Å²) in [6.07, 6.45) is 1.15. The van der Waals surface area contributed by atoms with E-state index < -0.39 is 26.9 Å². The van der Waals surface area contributed by atoms with Crippen LogP contribution < -0.4 is 14.4 Å². The highest BCUT2D eigenvalue weighted by Crippen LogP contribution is 2.26. The fourth-order valence-corrected chi connectivity index (χ4v) is 4.23. The summed E-state index contributed by atoms with van der Waals surface area (Å²) < 4.78 is 31.3. The van der Waals surface area contributed by atoms with E-state index in [0.717, 1.165) is 22.2 Å². The van der Waals surface area contributed by atoms with Gasteiger partial charge in [-0.3, -0.25) is 19.2 Å². The number of carbonyl (C=O) groups is 1. The van der Waals surface area contributed by atoms with E-state index in [9.17, 15) is 23.3 Å². The fraction of sp³-hybridized carbons (Fsp3) is 0.350. The zero-order chi connectivity index (χ0) is 22.3. The molecular formula is C20H25N3O6S. The number of rotatable bonds is 10. The van der Waals surface area contributed by atoms with Gasteiger partial charge in [-0.25, -0.2) is 8.42 Å². The Morgan fingerprint density at radius 1 is 1.20 bits per heavy atom. The first-order chi connectivity index (χ1) is 14.2. The molecular weight excluding hydrogens is 410 g/mol. The fourth-order valence-electron chi connectivity index (χ4n) is 3.02. The average Bonchev–Trinajstić information content (AvgIpc) is 2.69. The highest BCUT2D eigenvalue weighted by Gasteiger charge is 2.32. The number of non-ortho nitro benzene ring substituents is 1. The van der Waals surface area contributed by atoms with Crippen molar-refractivity contribution in [1.29, 1.82) is 0 Å². The quantitative estimate of drug-likeness (QED) is 0.453. The Bertz CT molecular complexity index is 1010. The van der Waals surface area contributed by atoms with E-state index in [1.165, 1.54) is 18.2 Å². The predicted molar refractivity (Wildman–Crippen MR) is 114 cm³/mol. The van der Waals surface area contributed by atoms with Gasteiger partial charge in [0, 0.05) is 18.7 Å². The molecule has 2 rings (SSSR count). The van der Waals surface area contributed by atoms with E-state index >= 15 is 0 Å². The first-order valence-electron chi connectivity index (χ1n) is 9.40. The number of amides is 1. The van der Waals surface area contributed by atoms with Gasteiger partial charge in [-0.15, -0.1) is 0 Å². The third kappa shape index (κ3) is 5.93. The molecule has 0 fully saturated rings. The molecule has 0 spiro atoms. The Labute approximate surface area is 175 Å². The molecule has 0 unspecified atom stereocenters. The van der Waals surface area contributed by atoms with Gasteiger partial charge in [0.05, 0.1) is 23.5 Å². The molecule has 0 saturated carbocycles. The summed E-state index contributed by atoms with van der Waals surface area (Å²) in [5.41, 5.74) is 0.599. The van der Waals surface area contributed by atoms with Crippen molar-refractivity contribution in [2.75, 3.05) is 17.2 Å². The lowest BCUT2D eigenvalue weighted by atomic mass is 10.1. The Balaban J connectivity index is 2.27. The monoisotopic (exact) mass is 435 g/mol. The van der Waals surface area contributed by atoms with Crippen LogP contribution in [0, 0.1) is 10.1 Å². The van der Waals surface area contributed by atoms with Crippen molar-refractivity contribution in [1.82, 2.24) is 5.32 Å². The molecule has 0 aliphatic heterocycles. The number of ether oxygens (including phenoxy) is 1. The molecule has 1 amide bonds. The number of benzene rings is 2. The van der Waals surface area contributed by atoms with E-state index in [4.69, 9.17) is 4.74 Å². The standard InChI is InChI=1S/C20H25N3O6S/c1-4-19(20(24)21-14-15-8-6-11-18(12-15)29-5-2)22(30(3,27)28)16-9-7-10-17(13-16)23(25)26/h6-13,19H,4-5,14H2,1-3H3,(H,21,24)/t19-/m0/s1. The first-order valence-corrected chi connectivity index (χ1v) is 11.3. The summed E-state index contributed by atoms with van der Waals surface area (Å²) in [5.74, 6) is 0.168. The van der Waals surface area contributed by atoms with E-state index in [-0.39, 0.29) is 24.3 Å². The second kappa shape index (κ2) is 10.1. The van der Waals surface area contributed by atoms with Crippen molar-refractivity contribution in [2.45, 2.75) is 32.9 Å². The molecule has 0 radical (unpaired) electrons. The number of hydrogen-bond donors (Lipinski definition) is 1. The van der Waals surface area contributed by atoms with Gasteiger partial charge in [0.2, 0.25) is 15.9 Å². The van der Waals surface area contributed by atoms with Crippen LogP contribution in [0.4, 0.5) is 11.4 Å². The first kappa shape index (κ1) is 23.1. The van der Waals surface area contributed by atoms with Crippen LogP contribution in [-0.2, 0) is 21.4 Å². The van der Waals surface area contributed by atoms with Gasteiger partial charge < -0.3 is 10.1 Å². The zero-order valence-corrected chi connectivity index (χ0v) is 17.9. The van der Waals surface area contributed by atoms with Crippen LogP contribution in [0.1, 0.15) is 25.8 Å². The molecule has 162 valence electrons. The van der Waals surface area contributed by atoms with Crippen LogP contribution in [0.3, 0.4) is 0 Å². The Morgan fingerprint density at radius 3 is 2.50 bits per heavy atom. The van der Waals surface area contributed by atoms with E-state index in [2.05, 4.69) is 5.32 Å². The Morgan fingerprint density at radius 2 is 1.90 bits per heavy atom. The SMILES string of the molecule is CCOc1cccc(CNC(=O)[C@H](CC)N(c2cccc([N+](=O)[O-])c2)S(C)(=O)=O)c1. The van der Waals surface area contributed by atoms with Crippen LogP contribution in [0.25, 0.3) is 0 Å². The zero-order valence-electron chi connectivity index (χ0n) is 17.1. The minimum absolute atomic E-state index is 0.0621. The van der Waals surface area contributed by atoms with Crippen molar-refractivity contribution in [3.8, 4) is 5.75 Å². The largest absolute Gasteiger partial charge is 0.494 e. The highest BCUT2D eigenvalue weighted by atomic mass is 32.2. The number of nitro groups is 1. The number of carbonyl (C=O) groups excluding carboxylic acids is 1. The second-order valence-electron chi connectivity index (χ2n) is 6.56. The second-order valence-corrected chi connectivity index (χ2v) is 8.42. The molecule has 30 heavy (non-hydrogen) atoms. The molecule has 0 aliphatic carbocycles. The molecule has 1 atom stereocenters. The maximum Gasteiger partial charge on any atom is 0.271 e. The third-order valence-corrected chi connectivity index (χ3v) is 5.48. The van der Waals surface area contributed by atoms with Gasteiger partial charge in [-0.1, -0.05) is 25.1 Å². The molecule has 10 heteroatoms. The van der Waals surface area contributed by atoms with Gasteiger partial charge in [0.1, 0.15) is 11.8 Å². The highest BCUT2D eigenvalue weighted by molar-refractivity contribution is 7.92. The van der Waals surface area contributed by atoms with Crippen LogP contribution in [0.2, 0.25) is 0 Å².